The largest absolute Gasteiger partial charge is 0.467 e. The van der Waals surface area contributed by atoms with Crippen LogP contribution in [0.4, 0.5) is 0 Å². The number of rotatable bonds is 4. The Morgan fingerprint density at radius 1 is 1.32 bits per heavy atom. The molecule has 0 aliphatic heterocycles. The van der Waals surface area contributed by atoms with Crippen molar-refractivity contribution in [2.75, 3.05) is 0 Å². The molecule has 0 unspecified atom stereocenters. The van der Waals surface area contributed by atoms with Crippen molar-refractivity contribution in [3.05, 3.63) is 70.3 Å². The van der Waals surface area contributed by atoms with Crippen LogP contribution in [-0.2, 0) is 6.54 Å². The molecule has 0 aliphatic carbocycles. The fraction of sp³-hybridized carbons (Fsp3) is 0.125. The van der Waals surface area contributed by atoms with Crippen molar-refractivity contribution in [3.8, 4) is 5.69 Å². The smallest absolute Gasteiger partial charge is 0.255 e. The number of hydrogen-bond donors (Lipinski definition) is 1. The molecule has 0 bridgehead atoms. The second-order valence-corrected chi connectivity index (χ2v) is 5.71. The van der Waals surface area contributed by atoms with Gasteiger partial charge in [-0.05, 0) is 43.3 Å². The SMILES string of the molecule is Cc1c(C(=O)NCc2ccco2)cnn1-c1ccc(Br)cc1. The lowest BCUT2D eigenvalue weighted by molar-refractivity contribution is 0.0947. The highest BCUT2D eigenvalue weighted by Crippen LogP contribution is 2.17. The summed E-state index contributed by atoms with van der Waals surface area (Å²) in [5, 5.41) is 7.12. The van der Waals surface area contributed by atoms with E-state index in [2.05, 4.69) is 26.3 Å². The number of benzene rings is 1. The van der Waals surface area contributed by atoms with Gasteiger partial charge in [0.05, 0.1) is 35.9 Å². The van der Waals surface area contributed by atoms with Crippen LogP contribution in [-0.4, -0.2) is 15.7 Å². The highest BCUT2D eigenvalue weighted by Gasteiger charge is 2.15. The van der Waals surface area contributed by atoms with E-state index >= 15 is 0 Å². The van der Waals surface area contributed by atoms with Crippen molar-refractivity contribution in [2.45, 2.75) is 13.5 Å². The Hall–Kier alpha value is -2.34. The first-order valence-electron chi connectivity index (χ1n) is 6.76. The molecule has 0 aliphatic rings. The molecule has 0 saturated carbocycles. The standard InChI is InChI=1S/C16H14BrN3O2/c1-11-15(16(21)18-9-14-3-2-8-22-14)10-19-20(11)13-6-4-12(17)5-7-13/h2-8,10H,9H2,1H3,(H,18,21). The van der Waals surface area contributed by atoms with Crippen LogP contribution >= 0.6 is 15.9 Å². The lowest BCUT2D eigenvalue weighted by Gasteiger charge is -2.06. The van der Waals surface area contributed by atoms with Crippen LogP contribution in [0.1, 0.15) is 21.8 Å². The third-order valence-electron chi connectivity index (χ3n) is 3.33. The van der Waals surface area contributed by atoms with E-state index < -0.39 is 0 Å². The van der Waals surface area contributed by atoms with E-state index in [1.807, 2.05) is 37.3 Å². The van der Waals surface area contributed by atoms with Gasteiger partial charge in [0.2, 0.25) is 0 Å². The quantitative estimate of drug-likeness (QED) is 0.775. The molecule has 3 rings (SSSR count). The van der Waals surface area contributed by atoms with Crippen LogP contribution in [0.25, 0.3) is 5.69 Å². The summed E-state index contributed by atoms with van der Waals surface area (Å²) in [6.07, 6.45) is 3.16. The monoisotopic (exact) mass is 359 g/mol. The third kappa shape index (κ3) is 2.96. The average Bonchev–Trinajstić information content (AvgIpc) is 3.15. The first kappa shape index (κ1) is 14.6. The normalized spacial score (nSPS) is 10.6. The van der Waals surface area contributed by atoms with Crippen LogP contribution in [0.3, 0.4) is 0 Å². The fourth-order valence-corrected chi connectivity index (χ4v) is 2.42. The number of nitrogens with zero attached hydrogens (tertiary/aromatic N) is 2. The van der Waals surface area contributed by atoms with Crippen LogP contribution in [0.2, 0.25) is 0 Å². The molecule has 6 heteroatoms. The van der Waals surface area contributed by atoms with E-state index in [9.17, 15) is 4.79 Å². The van der Waals surface area contributed by atoms with E-state index in [0.29, 0.717) is 17.9 Å². The molecule has 2 aromatic heterocycles. The summed E-state index contributed by atoms with van der Waals surface area (Å²) < 4.78 is 7.94. The molecule has 0 atom stereocenters. The number of nitrogens with one attached hydrogen (secondary N) is 1. The first-order valence-corrected chi connectivity index (χ1v) is 7.55. The molecule has 112 valence electrons. The molecule has 1 N–H and O–H groups in total. The van der Waals surface area contributed by atoms with E-state index in [0.717, 1.165) is 15.9 Å². The highest BCUT2D eigenvalue weighted by molar-refractivity contribution is 9.10. The van der Waals surface area contributed by atoms with Gasteiger partial charge in [-0.1, -0.05) is 15.9 Å². The molecule has 0 fully saturated rings. The first-order chi connectivity index (χ1) is 10.6. The van der Waals surface area contributed by atoms with Gasteiger partial charge in [-0.25, -0.2) is 4.68 Å². The van der Waals surface area contributed by atoms with Crippen LogP contribution in [0, 0.1) is 6.92 Å². The minimum Gasteiger partial charge on any atom is -0.467 e. The molecule has 1 aromatic carbocycles. The molecule has 0 saturated heterocycles. The van der Waals surface area contributed by atoms with Gasteiger partial charge < -0.3 is 9.73 Å². The van der Waals surface area contributed by atoms with E-state index in [1.54, 1.807) is 23.2 Å². The summed E-state index contributed by atoms with van der Waals surface area (Å²) >= 11 is 3.40. The Balaban J connectivity index is 1.77. The number of halogens is 1. The summed E-state index contributed by atoms with van der Waals surface area (Å²) in [5.74, 6) is 0.545. The summed E-state index contributed by atoms with van der Waals surface area (Å²) in [4.78, 5) is 12.2. The summed E-state index contributed by atoms with van der Waals surface area (Å²) in [7, 11) is 0. The van der Waals surface area contributed by atoms with Crippen molar-refractivity contribution in [1.82, 2.24) is 15.1 Å². The Bertz CT molecular complexity index is 776. The van der Waals surface area contributed by atoms with Crippen molar-refractivity contribution in [2.24, 2.45) is 0 Å². The Kier molecular flexibility index (Phi) is 4.11. The van der Waals surface area contributed by atoms with Gasteiger partial charge >= 0.3 is 0 Å². The third-order valence-corrected chi connectivity index (χ3v) is 3.86. The number of aromatic nitrogens is 2. The van der Waals surface area contributed by atoms with E-state index in [-0.39, 0.29) is 5.91 Å². The Labute approximate surface area is 136 Å². The van der Waals surface area contributed by atoms with E-state index in [4.69, 9.17) is 4.42 Å². The van der Waals surface area contributed by atoms with Gasteiger partial charge in [0.15, 0.2) is 0 Å². The molecule has 2 heterocycles. The average molecular weight is 360 g/mol. The molecule has 3 aromatic rings. The molecule has 0 radical (unpaired) electrons. The Morgan fingerprint density at radius 2 is 2.09 bits per heavy atom. The molecule has 22 heavy (non-hydrogen) atoms. The number of carbonyl (C=O) groups excluding carboxylic acids is 1. The number of hydrogen-bond acceptors (Lipinski definition) is 3. The van der Waals surface area contributed by atoms with Gasteiger partial charge in [0, 0.05) is 4.47 Å². The predicted octanol–water partition coefficient (Wildman–Crippen LogP) is 3.47. The molecule has 5 nitrogen and oxygen atoms in total. The van der Waals surface area contributed by atoms with E-state index in [1.165, 1.54) is 0 Å². The minimum absolute atomic E-state index is 0.169. The minimum atomic E-state index is -0.169. The second-order valence-electron chi connectivity index (χ2n) is 4.79. The second kappa shape index (κ2) is 6.19. The molecule has 1 amide bonds. The zero-order chi connectivity index (χ0) is 15.5. The van der Waals surface area contributed by atoms with Gasteiger partial charge in [0.1, 0.15) is 5.76 Å². The zero-order valence-corrected chi connectivity index (χ0v) is 13.5. The lowest BCUT2D eigenvalue weighted by atomic mass is 10.2. The number of carbonyl (C=O) groups is 1. The zero-order valence-electron chi connectivity index (χ0n) is 11.9. The topological polar surface area (TPSA) is 60.1 Å². The molecular formula is C16H14BrN3O2. The van der Waals surface area contributed by atoms with Crippen LogP contribution < -0.4 is 5.32 Å². The maximum absolute atomic E-state index is 12.2. The lowest BCUT2D eigenvalue weighted by Crippen LogP contribution is -2.23. The molecule has 0 spiro atoms. The summed E-state index contributed by atoms with van der Waals surface area (Å²) in [5.41, 5.74) is 2.25. The van der Waals surface area contributed by atoms with Gasteiger partial charge in [-0.15, -0.1) is 0 Å². The van der Waals surface area contributed by atoms with Crippen molar-refractivity contribution in [3.63, 3.8) is 0 Å². The maximum Gasteiger partial charge on any atom is 0.255 e. The summed E-state index contributed by atoms with van der Waals surface area (Å²) in [6, 6.07) is 11.4. The van der Waals surface area contributed by atoms with Gasteiger partial charge in [-0.3, -0.25) is 4.79 Å². The Morgan fingerprint density at radius 3 is 2.77 bits per heavy atom. The van der Waals surface area contributed by atoms with Crippen molar-refractivity contribution < 1.29 is 9.21 Å². The number of furan rings is 1. The highest BCUT2D eigenvalue weighted by atomic mass is 79.9. The van der Waals surface area contributed by atoms with Crippen molar-refractivity contribution >= 4 is 21.8 Å². The predicted molar refractivity (Wildman–Crippen MR) is 85.9 cm³/mol. The number of amides is 1. The van der Waals surface area contributed by atoms with Crippen molar-refractivity contribution in [1.29, 1.82) is 0 Å². The fourth-order valence-electron chi connectivity index (χ4n) is 2.15. The summed E-state index contributed by atoms with van der Waals surface area (Å²) in [6.45, 7) is 2.23. The van der Waals surface area contributed by atoms with Crippen LogP contribution in [0.15, 0.2) is 57.7 Å². The van der Waals surface area contributed by atoms with Crippen LogP contribution in [0.5, 0.6) is 0 Å². The van der Waals surface area contributed by atoms with Gasteiger partial charge in [-0.2, -0.15) is 5.10 Å². The maximum atomic E-state index is 12.2. The van der Waals surface area contributed by atoms with Gasteiger partial charge in [0.25, 0.3) is 5.91 Å². The molecular weight excluding hydrogens is 346 g/mol.